The van der Waals surface area contributed by atoms with E-state index >= 15 is 0 Å². The van der Waals surface area contributed by atoms with Gasteiger partial charge in [0.05, 0.1) is 0 Å². The zero-order valence-corrected chi connectivity index (χ0v) is 16.3. The molecule has 1 aromatic carbocycles. The van der Waals surface area contributed by atoms with Crippen LogP contribution in [-0.2, 0) is 0 Å². The van der Waals surface area contributed by atoms with Gasteiger partial charge in [-0.05, 0) is 43.2 Å². The molecule has 0 unspecified atom stereocenters. The molecule has 144 valence electrons. The molecule has 2 aromatic rings. The number of aromatic nitrogens is 2. The minimum absolute atomic E-state index is 0.144. The van der Waals surface area contributed by atoms with E-state index in [1.54, 1.807) is 6.07 Å². The normalized spacial score (nSPS) is 14.3. The molecule has 0 spiro atoms. The van der Waals surface area contributed by atoms with Gasteiger partial charge >= 0.3 is 0 Å². The number of hydrogen-bond donors (Lipinski definition) is 1. The molecule has 2 heterocycles. The SMILES string of the molecule is CCCCCNC(=O)c1ccc(N2CCN(c3cccc(C)c3)CC2)nn1. The molecule has 27 heavy (non-hydrogen) atoms. The van der Waals surface area contributed by atoms with E-state index in [-0.39, 0.29) is 5.91 Å². The van der Waals surface area contributed by atoms with Crippen molar-refractivity contribution in [2.24, 2.45) is 0 Å². The summed E-state index contributed by atoms with van der Waals surface area (Å²) in [6.07, 6.45) is 3.26. The van der Waals surface area contributed by atoms with Crippen LogP contribution in [0, 0.1) is 6.92 Å². The molecule has 6 heteroatoms. The van der Waals surface area contributed by atoms with E-state index in [9.17, 15) is 4.79 Å². The molecule has 1 N–H and O–H groups in total. The molecule has 1 amide bonds. The largest absolute Gasteiger partial charge is 0.368 e. The van der Waals surface area contributed by atoms with Gasteiger partial charge in [0.1, 0.15) is 0 Å². The maximum atomic E-state index is 12.1. The maximum Gasteiger partial charge on any atom is 0.271 e. The fourth-order valence-electron chi connectivity index (χ4n) is 3.30. The predicted octanol–water partition coefficient (Wildman–Crippen LogP) is 3.03. The lowest BCUT2D eigenvalue weighted by atomic mass is 10.2. The number of carbonyl (C=O) groups excluding carboxylic acids is 1. The van der Waals surface area contributed by atoms with Gasteiger partial charge in [0, 0.05) is 38.4 Å². The highest BCUT2D eigenvalue weighted by Gasteiger charge is 2.19. The number of benzene rings is 1. The molecular formula is C21H29N5O. The van der Waals surface area contributed by atoms with Crippen LogP contribution >= 0.6 is 0 Å². The van der Waals surface area contributed by atoms with Crippen LogP contribution in [0.5, 0.6) is 0 Å². The first-order valence-electron chi connectivity index (χ1n) is 9.86. The van der Waals surface area contributed by atoms with Crippen LogP contribution in [-0.4, -0.2) is 48.8 Å². The minimum atomic E-state index is -0.144. The van der Waals surface area contributed by atoms with Crippen molar-refractivity contribution in [3.05, 3.63) is 47.7 Å². The highest BCUT2D eigenvalue weighted by molar-refractivity contribution is 5.92. The van der Waals surface area contributed by atoms with Crippen LogP contribution in [0.4, 0.5) is 11.5 Å². The molecule has 0 atom stereocenters. The van der Waals surface area contributed by atoms with E-state index in [2.05, 4.69) is 63.4 Å². The van der Waals surface area contributed by atoms with Crippen molar-refractivity contribution in [3.63, 3.8) is 0 Å². The second-order valence-electron chi connectivity index (χ2n) is 7.05. The van der Waals surface area contributed by atoms with E-state index in [4.69, 9.17) is 0 Å². The van der Waals surface area contributed by atoms with Crippen molar-refractivity contribution >= 4 is 17.4 Å². The zero-order valence-electron chi connectivity index (χ0n) is 16.3. The summed E-state index contributed by atoms with van der Waals surface area (Å²) in [6, 6.07) is 12.3. The van der Waals surface area contributed by atoms with Crippen LogP contribution in [0.15, 0.2) is 36.4 Å². The number of hydrogen-bond acceptors (Lipinski definition) is 5. The highest BCUT2D eigenvalue weighted by Crippen LogP contribution is 2.20. The van der Waals surface area contributed by atoms with Gasteiger partial charge in [-0.25, -0.2) is 0 Å². The molecule has 1 saturated heterocycles. The lowest BCUT2D eigenvalue weighted by Gasteiger charge is -2.36. The second kappa shape index (κ2) is 9.35. The van der Waals surface area contributed by atoms with E-state index in [1.807, 2.05) is 6.07 Å². The smallest absolute Gasteiger partial charge is 0.271 e. The Kier molecular flexibility index (Phi) is 6.63. The van der Waals surface area contributed by atoms with Gasteiger partial charge in [0.2, 0.25) is 0 Å². The molecule has 1 aliphatic heterocycles. The van der Waals surface area contributed by atoms with Crippen molar-refractivity contribution in [3.8, 4) is 0 Å². The third-order valence-corrected chi connectivity index (χ3v) is 4.92. The second-order valence-corrected chi connectivity index (χ2v) is 7.05. The van der Waals surface area contributed by atoms with Gasteiger partial charge in [0.25, 0.3) is 5.91 Å². The number of nitrogens with one attached hydrogen (secondary N) is 1. The van der Waals surface area contributed by atoms with Gasteiger partial charge in [0.15, 0.2) is 11.5 Å². The molecule has 1 aliphatic rings. The van der Waals surface area contributed by atoms with Gasteiger partial charge in [-0.15, -0.1) is 10.2 Å². The quantitative estimate of drug-likeness (QED) is 0.762. The van der Waals surface area contributed by atoms with Gasteiger partial charge < -0.3 is 15.1 Å². The Hall–Kier alpha value is -2.63. The number of anilines is 2. The van der Waals surface area contributed by atoms with Crippen molar-refractivity contribution in [2.45, 2.75) is 33.1 Å². The van der Waals surface area contributed by atoms with Gasteiger partial charge in [-0.1, -0.05) is 31.9 Å². The van der Waals surface area contributed by atoms with Crippen LogP contribution in [0.3, 0.4) is 0 Å². The Balaban J connectivity index is 1.52. The van der Waals surface area contributed by atoms with Crippen molar-refractivity contribution in [2.75, 3.05) is 42.5 Å². The number of piperazine rings is 1. The molecule has 1 fully saturated rings. The highest BCUT2D eigenvalue weighted by atomic mass is 16.1. The first kappa shape index (κ1) is 19.1. The van der Waals surface area contributed by atoms with Crippen molar-refractivity contribution in [1.29, 1.82) is 0 Å². The van der Waals surface area contributed by atoms with E-state index in [1.165, 1.54) is 11.3 Å². The first-order chi connectivity index (χ1) is 13.2. The number of nitrogens with zero attached hydrogens (tertiary/aromatic N) is 4. The standard InChI is InChI=1S/C21H29N5O/c1-3-4-5-11-22-21(27)19-9-10-20(24-23-19)26-14-12-25(13-15-26)18-8-6-7-17(2)16-18/h6-10,16H,3-5,11-15H2,1-2H3,(H,22,27). The lowest BCUT2D eigenvalue weighted by Crippen LogP contribution is -2.47. The average Bonchev–Trinajstić information content (AvgIpc) is 2.71. The Labute approximate surface area is 161 Å². The van der Waals surface area contributed by atoms with Crippen LogP contribution in [0.25, 0.3) is 0 Å². The van der Waals surface area contributed by atoms with Gasteiger partial charge in [-0.3, -0.25) is 4.79 Å². The molecule has 6 nitrogen and oxygen atoms in total. The minimum Gasteiger partial charge on any atom is -0.368 e. The number of amides is 1. The summed E-state index contributed by atoms with van der Waals surface area (Å²) in [4.78, 5) is 16.7. The Morgan fingerprint density at radius 1 is 1.04 bits per heavy atom. The molecule has 0 saturated carbocycles. The fourth-order valence-corrected chi connectivity index (χ4v) is 3.30. The topological polar surface area (TPSA) is 61.4 Å². The summed E-state index contributed by atoms with van der Waals surface area (Å²) in [5.41, 5.74) is 2.94. The fraction of sp³-hybridized carbons (Fsp3) is 0.476. The van der Waals surface area contributed by atoms with Crippen LogP contribution in [0.2, 0.25) is 0 Å². The summed E-state index contributed by atoms with van der Waals surface area (Å²) in [5.74, 6) is 0.691. The summed E-state index contributed by atoms with van der Waals surface area (Å²) in [7, 11) is 0. The lowest BCUT2D eigenvalue weighted by molar-refractivity contribution is 0.0947. The monoisotopic (exact) mass is 367 g/mol. The molecule has 0 radical (unpaired) electrons. The molecule has 3 rings (SSSR count). The predicted molar refractivity (Wildman–Crippen MR) is 109 cm³/mol. The van der Waals surface area contributed by atoms with E-state index in [0.29, 0.717) is 12.2 Å². The number of unbranched alkanes of at least 4 members (excludes halogenated alkanes) is 2. The van der Waals surface area contributed by atoms with E-state index < -0.39 is 0 Å². The number of aryl methyl sites for hydroxylation is 1. The van der Waals surface area contributed by atoms with Crippen LogP contribution < -0.4 is 15.1 Å². The Bertz CT molecular complexity index is 738. The summed E-state index contributed by atoms with van der Waals surface area (Å²) in [6.45, 7) is 8.65. The van der Waals surface area contributed by atoms with Crippen LogP contribution in [0.1, 0.15) is 42.2 Å². The van der Waals surface area contributed by atoms with Gasteiger partial charge in [-0.2, -0.15) is 0 Å². The molecule has 1 aromatic heterocycles. The summed E-state index contributed by atoms with van der Waals surface area (Å²) >= 11 is 0. The third kappa shape index (κ3) is 5.18. The number of rotatable bonds is 7. The Morgan fingerprint density at radius 3 is 2.48 bits per heavy atom. The Morgan fingerprint density at radius 2 is 1.81 bits per heavy atom. The summed E-state index contributed by atoms with van der Waals surface area (Å²) < 4.78 is 0. The maximum absolute atomic E-state index is 12.1. The van der Waals surface area contributed by atoms with Crippen molar-refractivity contribution < 1.29 is 4.79 Å². The average molecular weight is 367 g/mol. The van der Waals surface area contributed by atoms with E-state index in [0.717, 1.165) is 51.3 Å². The third-order valence-electron chi connectivity index (χ3n) is 4.92. The molecular weight excluding hydrogens is 338 g/mol. The van der Waals surface area contributed by atoms with Crippen molar-refractivity contribution in [1.82, 2.24) is 15.5 Å². The first-order valence-corrected chi connectivity index (χ1v) is 9.86. The molecule has 0 aliphatic carbocycles. The molecule has 0 bridgehead atoms. The zero-order chi connectivity index (χ0) is 19.1. The number of carbonyl (C=O) groups is 1. The summed E-state index contributed by atoms with van der Waals surface area (Å²) in [5, 5.41) is 11.3.